The van der Waals surface area contributed by atoms with Crippen LogP contribution in [-0.4, -0.2) is 4.98 Å². The van der Waals surface area contributed by atoms with Gasteiger partial charge in [0.1, 0.15) is 0 Å². The van der Waals surface area contributed by atoms with Gasteiger partial charge < -0.3 is 0 Å². The molecule has 2 rings (SSSR count). The average molecular weight is 253 g/mol. The average Bonchev–Trinajstić information content (AvgIpc) is 2.38. The normalized spacial score (nSPS) is 11.9. The molecule has 0 unspecified atom stereocenters. The fraction of sp³-hybridized carbons (Fsp3) is 0.389. The smallest absolute Gasteiger partial charge is 0.0704 e. The minimum absolute atomic E-state index is 0.160. The molecule has 1 heterocycles. The SMILES string of the molecule is CC(C)c1cccc(-c2cc(C(C)(C)C)ccn2)c1. The fourth-order valence-corrected chi connectivity index (χ4v) is 2.11. The van der Waals surface area contributed by atoms with E-state index in [1.165, 1.54) is 16.7 Å². The van der Waals surface area contributed by atoms with Crippen molar-refractivity contribution in [1.29, 1.82) is 0 Å². The van der Waals surface area contributed by atoms with Crippen molar-refractivity contribution in [3.8, 4) is 11.3 Å². The van der Waals surface area contributed by atoms with Gasteiger partial charge in [0, 0.05) is 11.8 Å². The largest absolute Gasteiger partial charge is 0.256 e. The predicted octanol–water partition coefficient (Wildman–Crippen LogP) is 5.17. The summed E-state index contributed by atoms with van der Waals surface area (Å²) in [5.41, 5.74) is 5.12. The van der Waals surface area contributed by atoms with Gasteiger partial charge in [0.2, 0.25) is 0 Å². The zero-order chi connectivity index (χ0) is 14.0. The summed E-state index contributed by atoms with van der Waals surface area (Å²) in [7, 11) is 0. The molecule has 0 amide bonds. The predicted molar refractivity (Wildman–Crippen MR) is 82.5 cm³/mol. The Hall–Kier alpha value is -1.63. The molecule has 0 aliphatic heterocycles. The van der Waals surface area contributed by atoms with E-state index < -0.39 is 0 Å². The second-order valence-corrected chi connectivity index (χ2v) is 6.46. The van der Waals surface area contributed by atoms with Crippen LogP contribution >= 0.6 is 0 Å². The van der Waals surface area contributed by atoms with Gasteiger partial charge in [0.25, 0.3) is 0 Å². The van der Waals surface area contributed by atoms with Gasteiger partial charge >= 0.3 is 0 Å². The van der Waals surface area contributed by atoms with Gasteiger partial charge in [-0.25, -0.2) is 0 Å². The summed E-state index contributed by atoms with van der Waals surface area (Å²) >= 11 is 0. The Bertz CT molecular complexity index is 562. The van der Waals surface area contributed by atoms with E-state index in [1.807, 2.05) is 6.20 Å². The Balaban J connectivity index is 2.45. The van der Waals surface area contributed by atoms with Crippen molar-refractivity contribution in [2.24, 2.45) is 0 Å². The van der Waals surface area contributed by atoms with E-state index in [0.717, 1.165) is 5.69 Å². The Kier molecular flexibility index (Phi) is 3.75. The summed E-state index contributed by atoms with van der Waals surface area (Å²) in [5.74, 6) is 0.547. The molecule has 0 aliphatic carbocycles. The first kappa shape index (κ1) is 13.8. The number of nitrogens with zero attached hydrogens (tertiary/aromatic N) is 1. The van der Waals surface area contributed by atoms with E-state index in [-0.39, 0.29) is 5.41 Å². The number of hydrogen-bond acceptors (Lipinski definition) is 1. The van der Waals surface area contributed by atoms with Gasteiger partial charge in [-0.3, -0.25) is 4.98 Å². The van der Waals surface area contributed by atoms with Gasteiger partial charge in [-0.15, -0.1) is 0 Å². The lowest BCUT2D eigenvalue weighted by Gasteiger charge is -2.19. The molecule has 1 aromatic heterocycles. The molecule has 1 heteroatoms. The van der Waals surface area contributed by atoms with E-state index in [9.17, 15) is 0 Å². The summed E-state index contributed by atoms with van der Waals surface area (Å²) in [5, 5.41) is 0. The molecule has 0 N–H and O–H groups in total. The van der Waals surface area contributed by atoms with Crippen molar-refractivity contribution < 1.29 is 0 Å². The molecule has 1 nitrogen and oxygen atoms in total. The second-order valence-electron chi connectivity index (χ2n) is 6.46. The summed E-state index contributed by atoms with van der Waals surface area (Å²) in [6, 6.07) is 13.0. The number of pyridine rings is 1. The molecular formula is C18H23N. The van der Waals surface area contributed by atoms with Crippen LogP contribution in [0.25, 0.3) is 11.3 Å². The Morgan fingerprint density at radius 2 is 1.74 bits per heavy atom. The highest BCUT2D eigenvalue weighted by Crippen LogP contribution is 2.27. The van der Waals surface area contributed by atoms with Gasteiger partial charge in [-0.05, 0) is 40.7 Å². The lowest BCUT2D eigenvalue weighted by atomic mass is 9.87. The van der Waals surface area contributed by atoms with Crippen molar-refractivity contribution in [3.05, 3.63) is 53.7 Å². The fourth-order valence-electron chi connectivity index (χ4n) is 2.11. The monoisotopic (exact) mass is 253 g/mol. The van der Waals surface area contributed by atoms with Crippen molar-refractivity contribution in [3.63, 3.8) is 0 Å². The summed E-state index contributed by atoms with van der Waals surface area (Å²) in [6.45, 7) is 11.1. The van der Waals surface area contributed by atoms with Crippen molar-refractivity contribution in [2.75, 3.05) is 0 Å². The van der Waals surface area contributed by atoms with E-state index in [4.69, 9.17) is 0 Å². The third kappa shape index (κ3) is 3.23. The van der Waals surface area contributed by atoms with E-state index in [0.29, 0.717) is 5.92 Å². The Morgan fingerprint density at radius 1 is 1.00 bits per heavy atom. The third-order valence-corrected chi connectivity index (χ3v) is 3.48. The molecule has 19 heavy (non-hydrogen) atoms. The van der Waals surface area contributed by atoms with Crippen LogP contribution < -0.4 is 0 Å². The number of hydrogen-bond donors (Lipinski definition) is 0. The van der Waals surface area contributed by atoms with Crippen LogP contribution in [0, 0.1) is 0 Å². The first-order valence-corrected chi connectivity index (χ1v) is 6.95. The van der Waals surface area contributed by atoms with Crippen molar-refractivity contribution in [1.82, 2.24) is 4.98 Å². The quantitative estimate of drug-likeness (QED) is 0.719. The zero-order valence-electron chi connectivity index (χ0n) is 12.6. The maximum absolute atomic E-state index is 4.52. The van der Waals surface area contributed by atoms with Crippen LogP contribution in [0.2, 0.25) is 0 Å². The molecule has 0 saturated carbocycles. The maximum atomic E-state index is 4.52. The molecule has 0 spiro atoms. The molecule has 2 aromatic rings. The molecule has 0 radical (unpaired) electrons. The minimum Gasteiger partial charge on any atom is -0.256 e. The van der Waals surface area contributed by atoms with Crippen LogP contribution in [0.15, 0.2) is 42.6 Å². The van der Waals surface area contributed by atoms with Gasteiger partial charge in [0.15, 0.2) is 0 Å². The Morgan fingerprint density at radius 3 is 2.37 bits per heavy atom. The van der Waals surface area contributed by atoms with Crippen LogP contribution in [0.5, 0.6) is 0 Å². The first-order chi connectivity index (χ1) is 8.88. The van der Waals surface area contributed by atoms with Crippen molar-refractivity contribution >= 4 is 0 Å². The number of benzene rings is 1. The van der Waals surface area contributed by atoms with E-state index in [2.05, 4.69) is 76.0 Å². The highest BCUT2D eigenvalue weighted by molar-refractivity contribution is 5.61. The van der Waals surface area contributed by atoms with E-state index in [1.54, 1.807) is 0 Å². The van der Waals surface area contributed by atoms with Crippen LogP contribution in [0.4, 0.5) is 0 Å². The van der Waals surface area contributed by atoms with Crippen LogP contribution in [0.3, 0.4) is 0 Å². The van der Waals surface area contributed by atoms with Crippen LogP contribution in [0.1, 0.15) is 51.7 Å². The highest BCUT2D eigenvalue weighted by atomic mass is 14.7. The summed E-state index contributed by atoms with van der Waals surface area (Å²) in [6.07, 6.45) is 1.91. The standard InChI is InChI=1S/C18H23N/c1-13(2)14-7-6-8-15(11-14)17-12-16(9-10-19-17)18(3,4)5/h6-13H,1-5H3. The van der Waals surface area contributed by atoms with Gasteiger partial charge in [0.05, 0.1) is 5.69 Å². The number of aromatic nitrogens is 1. The first-order valence-electron chi connectivity index (χ1n) is 6.95. The minimum atomic E-state index is 0.160. The lowest BCUT2D eigenvalue weighted by Crippen LogP contribution is -2.11. The molecule has 1 aromatic carbocycles. The molecule has 0 fully saturated rings. The van der Waals surface area contributed by atoms with E-state index >= 15 is 0 Å². The molecule has 0 atom stereocenters. The maximum Gasteiger partial charge on any atom is 0.0704 e. The molecule has 0 aliphatic rings. The van der Waals surface area contributed by atoms with Gasteiger partial charge in [-0.1, -0.05) is 52.8 Å². The highest BCUT2D eigenvalue weighted by Gasteiger charge is 2.14. The zero-order valence-corrected chi connectivity index (χ0v) is 12.6. The topological polar surface area (TPSA) is 12.9 Å². The second kappa shape index (κ2) is 5.16. The molecule has 0 bridgehead atoms. The van der Waals surface area contributed by atoms with Crippen LogP contribution in [-0.2, 0) is 5.41 Å². The lowest BCUT2D eigenvalue weighted by molar-refractivity contribution is 0.589. The Labute approximate surface area is 116 Å². The third-order valence-electron chi connectivity index (χ3n) is 3.48. The number of rotatable bonds is 2. The van der Waals surface area contributed by atoms with Crippen molar-refractivity contribution in [2.45, 2.75) is 46.0 Å². The molecular weight excluding hydrogens is 230 g/mol. The molecule has 100 valence electrons. The molecule has 0 saturated heterocycles. The van der Waals surface area contributed by atoms with Gasteiger partial charge in [-0.2, -0.15) is 0 Å². The summed E-state index contributed by atoms with van der Waals surface area (Å²) in [4.78, 5) is 4.52. The summed E-state index contributed by atoms with van der Waals surface area (Å²) < 4.78 is 0.